The molecule has 3 aromatic rings. The molecule has 1 atom stereocenters. The third-order valence-electron chi connectivity index (χ3n) is 3.57. The van der Waals surface area contributed by atoms with Crippen molar-refractivity contribution in [3.63, 3.8) is 0 Å². The first-order valence-electron chi connectivity index (χ1n) is 7.55. The standard InChI is InChI=1S/C19H20N2O2/c1-13(2)11-18(23-15-8-6-7-14(12-15)22-3)19-20-16-9-4-5-10-17(16)21-19/h4-10,12,18H,1,11H2,2-3H3,(H,20,21). The number of para-hydroxylation sites is 2. The maximum absolute atomic E-state index is 6.15. The van der Waals surface area contributed by atoms with E-state index in [4.69, 9.17) is 9.47 Å². The Hall–Kier alpha value is -2.75. The summed E-state index contributed by atoms with van der Waals surface area (Å²) in [7, 11) is 1.64. The third kappa shape index (κ3) is 3.54. The van der Waals surface area contributed by atoms with E-state index in [1.54, 1.807) is 7.11 Å². The highest BCUT2D eigenvalue weighted by Gasteiger charge is 2.18. The van der Waals surface area contributed by atoms with Crippen molar-refractivity contribution in [2.75, 3.05) is 7.11 Å². The molecule has 118 valence electrons. The molecule has 0 aliphatic heterocycles. The van der Waals surface area contributed by atoms with E-state index in [1.807, 2.05) is 55.5 Å². The average Bonchev–Trinajstić information content (AvgIpc) is 2.98. The Labute approximate surface area is 135 Å². The summed E-state index contributed by atoms with van der Waals surface area (Å²) in [5, 5.41) is 0. The van der Waals surface area contributed by atoms with Crippen molar-refractivity contribution < 1.29 is 9.47 Å². The van der Waals surface area contributed by atoms with Crippen LogP contribution in [-0.2, 0) is 0 Å². The molecule has 3 rings (SSSR count). The third-order valence-corrected chi connectivity index (χ3v) is 3.57. The molecule has 4 nitrogen and oxygen atoms in total. The number of aromatic amines is 1. The quantitative estimate of drug-likeness (QED) is 0.674. The summed E-state index contributed by atoms with van der Waals surface area (Å²) in [4.78, 5) is 7.99. The van der Waals surface area contributed by atoms with Crippen molar-refractivity contribution in [3.05, 3.63) is 66.5 Å². The first-order valence-corrected chi connectivity index (χ1v) is 7.55. The zero-order valence-corrected chi connectivity index (χ0v) is 13.4. The molecule has 1 N–H and O–H groups in total. The molecule has 1 heterocycles. The van der Waals surface area contributed by atoms with Crippen LogP contribution in [0.2, 0.25) is 0 Å². The molecule has 0 amide bonds. The van der Waals surface area contributed by atoms with Crippen molar-refractivity contribution in [2.24, 2.45) is 0 Å². The summed E-state index contributed by atoms with van der Waals surface area (Å²) in [6, 6.07) is 15.5. The minimum Gasteiger partial charge on any atom is -0.497 e. The number of H-pyrrole nitrogens is 1. The van der Waals surface area contributed by atoms with Gasteiger partial charge in [0.25, 0.3) is 0 Å². The van der Waals surface area contributed by atoms with Gasteiger partial charge in [0.1, 0.15) is 17.3 Å². The Bertz CT molecular complexity index is 790. The molecule has 23 heavy (non-hydrogen) atoms. The number of nitrogens with one attached hydrogen (secondary N) is 1. The average molecular weight is 308 g/mol. The van der Waals surface area contributed by atoms with Crippen molar-refractivity contribution in [1.82, 2.24) is 9.97 Å². The molecule has 4 heteroatoms. The minimum absolute atomic E-state index is 0.216. The van der Waals surface area contributed by atoms with Gasteiger partial charge in [-0.1, -0.05) is 30.4 Å². The van der Waals surface area contributed by atoms with Gasteiger partial charge in [-0.15, -0.1) is 0 Å². The fourth-order valence-electron chi connectivity index (χ4n) is 2.47. The molecule has 0 radical (unpaired) electrons. The normalized spacial score (nSPS) is 12.1. The number of methoxy groups -OCH3 is 1. The molecule has 1 unspecified atom stereocenters. The maximum Gasteiger partial charge on any atom is 0.160 e. The van der Waals surface area contributed by atoms with E-state index in [2.05, 4.69) is 16.5 Å². The molecule has 2 aromatic carbocycles. The second-order valence-corrected chi connectivity index (χ2v) is 5.59. The lowest BCUT2D eigenvalue weighted by atomic mass is 10.1. The number of hydrogen-bond acceptors (Lipinski definition) is 3. The number of benzene rings is 2. The Balaban J connectivity index is 1.91. The highest BCUT2D eigenvalue weighted by Crippen LogP contribution is 2.29. The van der Waals surface area contributed by atoms with Gasteiger partial charge in [-0.2, -0.15) is 0 Å². The summed E-state index contributed by atoms with van der Waals surface area (Å²) >= 11 is 0. The van der Waals surface area contributed by atoms with Gasteiger partial charge >= 0.3 is 0 Å². The molecular weight excluding hydrogens is 288 g/mol. The minimum atomic E-state index is -0.216. The molecule has 0 fully saturated rings. The van der Waals surface area contributed by atoms with Crippen molar-refractivity contribution in [3.8, 4) is 11.5 Å². The van der Waals surface area contributed by atoms with Gasteiger partial charge in [-0.25, -0.2) is 4.98 Å². The van der Waals surface area contributed by atoms with Crippen LogP contribution >= 0.6 is 0 Å². The Morgan fingerprint density at radius 1 is 1.17 bits per heavy atom. The molecule has 0 spiro atoms. The predicted octanol–water partition coefficient (Wildman–Crippen LogP) is 4.66. The molecule has 0 aliphatic carbocycles. The fraction of sp³-hybridized carbons (Fsp3) is 0.211. The van der Waals surface area contributed by atoms with E-state index in [0.29, 0.717) is 6.42 Å². The van der Waals surface area contributed by atoms with E-state index in [9.17, 15) is 0 Å². The first-order chi connectivity index (χ1) is 11.2. The number of ether oxygens (including phenoxy) is 2. The fourth-order valence-corrected chi connectivity index (χ4v) is 2.47. The lowest BCUT2D eigenvalue weighted by molar-refractivity contribution is 0.196. The van der Waals surface area contributed by atoms with Gasteiger partial charge in [-0.05, 0) is 31.2 Å². The Kier molecular flexibility index (Phi) is 4.33. The topological polar surface area (TPSA) is 47.1 Å². The first kappa shape index (κ1) is 15.2. The zero-order valence-electron chi connectivity index (χ0n) is 13.4. The van der Waals surface area contributed by atoms with Crippen LogP contribution in [0.4, 0.5) is 0 Å². The van der Waals surface area contributed by atoms with Crippen LogP contribution in [0.25, 0.3) is 11.0 Å². The number of nitrogens with zero attached hydrogens (tertiary/aromatic N) is 1. The lowest BCUT2D eigenvalue weighted by Crippen LogP contribution is -2.10. The monoisotopic (exact) mass is 308 g/mol. The van der Waals surface area contributed by atoms with E-state index >= 15 is 0 Å². The zero-order chi connectivity index (χ0) is 16.2. The summed E-state index contributed by atoms with van der Waals surface area (Å²) in [5.41, 5.74) is 2.98. The lowest BCUT2D eigenvalue weighted by Gasteiger charge is -2.17. The summed E-state index contributed by atoms with van der Waals surface area (Å²) in [5.74, 6) is 2.31. The second kappa shape index (κ2) is 6.57. The molecule has 0 bridgehead atoms. The van der Waals surface area contributed by atoms with Gasteiger partial charge in [0.2, 0.25) is 0 Å². The van der Waals surface area contributed by atoms with E-state index in [0.717, 1.165) is 33.9 Å². The highest BCUT2D eigenvalue weighted by atomic mass is 16.5. The van der Waals surface area contributed by atoms with Crippen LogP contribution in [0.15, 0.2) is 60.7 Å². The molecule has 0 saturated carbocycles. The van der Waals surface area contributed by atoms with Gasteiger partial charge in [-0.3, -0.25) is 0 Å². The van der Waals surface area contributed by atoms with E-state index in [1.165, 1.54) is 0 Å². The van der Waals surface area contributed by atoms with E-state index in [-0.39, 0.29) is 6.10 Å². The SMILES string of the molecule is C=C(C)CC(Oc1cccc(OC)c1)c1nc2ccccc2[nH]1. The predicted molar refractivity (Wildman–Crippen MR) is 91.9 cm³/mol. The summed E-state index contributed by atoms with van der Waals surface area (Å²) in [6.07, 6.45) is 0.476. The molecule has 0 aliphatic rings. The van der Waals surface area contributed by atoms with Crippen LogP contribution in [0, 0.1) is 0 Å². The van der Waals surface area contributed by atoms with Gasteiger partial charge in [0.15, 0.2) is 6.10 Å². The van der Waals surface area contributed by atoms with Crippen molar-refractivity contribution >= 4 is 11.0 Å². The number of aromatic nitrogens is 2. The van der Waals surface area contributed by atoms with Gasteiger partial charge in [0, 0.05) is 12.5 Å². The van der Waals surface area contributed by atoms with Crippen LogP contribution in [0.5, 0.6) is 11.5 Å². The number of imidazole rings is 1. The summed E-state index contributed by atoms with van der Waals surface area (Å²) in [6.45, 7) is 5.99. The van der Waals surface area contributed by atoms with E-state index < -0.39 is 0 Å². The number of hydrogen-bond donors (Lipinski definition) is 1. The molecule has 0 saturated heterocycles. The van der Waals surface area contributed by atoms with Gasteiger partial charge < -0.3 is 14.5 Å². The maximum atomic E-state index is 6.15. The van der Waals surface area contributed by atoms with Crippen LogP contribution in [0.3, 0.4) is 0 Å². The Morgan fingerprint density at radius 2 is 1.96 bits per heavy atom. The largest absolute Gasteiger partial charge is 0.497 e. The van der Waals surface area contributed by atoms with Crippen LogP contribution in [0.1, 0.15) is 25.3 Å². The highest BCUT2D eigenvalue weighted by molar-refractivity contribution is 5.74. The number of rotatable bonds is 6. The second-order valence-electron chi connectivity index (χ2n) is 5.59. The van der Waals surface area contributed by atoms with Crippen LogP contribution in [-0.4, -0.2) is 17.1 Å². The van der Waals surface area contributed by atoms with Crippen molar-refractivity contribution in [1.29, 1.82) is 0 Å². The molecule has 1 aromatic heterocycles. The van der Waals surface area contributed by atoms with Gasteiger partial charge in [0.05, 0.1) is 18.1 Å². The van der Waals surface area contributed by atoms with Crippen molar-refractivity contribution in [2.45, 2.75) is 19.4 Å². The molecular formula is C19H20N2O2. The Morgan fingerprint density at radius 3 is 2.70 bits per heavy atom. The smallest absolute Gasteiger partial charge is 0.160 e. The van der Waals surface area contributed by atoms with Crippen LogP contribution < -0.4 is 9.47 Å². The summed E-state index contributed by atoms with van der Waals surface area (Å²) < 4.78 is 11.4. The number of fused-ring (bicyclic) bond motifs is 1.